The highest BCUT2D eigenvalue weighted by atomic mass is 35.5. The molecule has 0 heterocycles. The summed E-state index contributed by atoms with van der Waals surface area (Å²) in [4.78, 5) is 0. The van der Waals surface area contributed by atoms with Crippen LogP contribution in [0.3, 0.4) is 0 Å². The van der Waals surface area contributed by atoms with Gasteiger partial charge in [-0.1, -0.05) is 29.3 Å². The van der Waals surface area contributed by atoms with Gasteiger partial charge in [0.15, 0.2) is 5.75 Å². The van der Waals surface area contributed by atoms with Crippen LogP contribution in [-0.4, -0.2) is 25.4 Å². The standard InChI is InChI=1S/C11H13Cl2NO2/c1-15-11-8(14)5-9(11)16-10-6(12)3-2-4-7(10)13/h2-4,8-9,11H,5,14H2,1H3. The zero-order chi connectivity index (χ0) is 11.7. The molecule has 0 amide bonds. The van der Waals surface area contributed by atoms with Gasteiger partial charge in [0, 0.05) is 19.6 Å². The number of rotatable bonds is 3. The van der Waals surface area contributed by atoms with Crippen molar-refractivity contribution in [3.8, 4) is 5.75 Å². The van der Waals surface area contributed by atoms with Gasteiger partial charge in [0.1, 0.15) is 12.2 Å². The van der Waals surface area contributed by atoms with Gasteiger partial charge >= 0.3 is 0 Å². The van der Waals surface area contributed by atoms with Gasteiger partial charge in [-0.2, -0.15) is 0 Å². The molecular formula is C11H13Cl2NO2. The second kappa shape index (κ2) is 4.80. The van der Waals surface area contributed by atoms with Crippen molar-refractivity contribution in [2.24, 2.45) is 5.73 Å². The van der Waals surface area contributed by atoms with E-state index in [1.54, 1.807) is 25.3 Å². The third-order valence-electron chi connectivity index (χ3n) is 2.75. The van der Waals surface area contributed by atoms with Gasteiger partial charge < -0.3 is 15.2 Å². The fourth-order valence-electron chi connectivity index (χ4n) is 1.80. The number of ether oxygens (including phenoxy) is 2. The molecule has 1 aromatic rings. The zero-order valence-electron chi connectivity index (χ0n) is 8.82. The maximum Gasteiger partial charge on any atom is 0.157 e. The van der Waals surface area contributed by atoms with Crippen molar-refractivity contribution in [1.82, 2.24) is 0 Å². The average molecular weight is 262 g/mol. The SMILES string of the molecule is COC1C(N)CC1Oc1c(Cl)cccc1Cl. The Hall–Kier alpha value is -0.480. The largest absolute Gasteiger partial charge is 0.484 e. The van der Waals surface area contributed by atoms with Crippen molar-refractivity contribution in [3.05, 3.63) is 28.2 Å². The summed E-state index contributed by atoms with van der Waals surface area (Å²) < 4.78 is 10.9. The van der Waals surface area contributed by atoms with Crippen LogP contribution in [0.25, 0.3) is 0 Å². The lowest BCUT2D eigenvalue weighted by molar-refractivity contribution is -0.0781. The monoisotopic (exact) mass is 261 g/mol. The number of para-hydroxylation sites is 1. The van der Waals surface area contributed by atoms with E-state index in [1.807, 2.05) is 0 Å². The molecule has 88 valence electrons. The molecule has 0 aliphatic heterocycles. The van der Waals surface area contributed by atoms with Crippen LogP contribution in [0.15, 0.2) is 18.2 Å². The molecule has 0 aromatic heterocycles. The summed E-state index contributed by atoms with van der Waals surface area (Å²) in [7, 11) is 1.62. The van der Waals surface area contributed by atoms with Gasteiger partial charge in [-0.15, -0.1) is 0 Å². The molecule has 3 nitrogen and oxygen atoms in total. The Morgan fingerprint density at radius 2 is 1.94 bits per heavy atom. The summed E-state index contributed by atoms with van der Waals surface area (Å²) in [5.41, 5.74) is 5.78. The van der Waals surface area contributed by atoms with Gasteiger partial charge in [-0.05, 0) is 12.1 Å². The number of hydrogen-bond acceptors (Lipinski definition) is 3. The molecule has 1 aromatic carbocycles. The first-order chi connectivity index (χ1) is 7.63. The van der Waals surface area contributed by atoms with Gasteiger partial charge in [0.2, 0.25) is 0 Å². The number of methoxy groups -OCH3 is 1. The number of nitrogens with two attached hydrogens (primary N) is 1. The maximum atomic E-state index is 6.00. The van der Waals surface area contributed by atoms with E-state index in [2.05, 4.69) is 0 Å². The fourth-order valence-corrected chi connectivity index (χ4v) is 2.29. The van der Waals surface area contributed by atoms with Crippen molar-refractivity contribution >= 4 is 23.2 Å². The summed E-state index contributed by atoms with van der Waals surface area (Å²) in [6.07, 6.45) is 0.588. The molecule has 1 aliphatic rings. The first-order valence-electron chi connectivity index (χ1n) is 5.02. The van der Waals surface area contributed by atoms with Crippen LogP contribution in [0.4, 0.5) is 0 Å². The molecule has 1 fully saturated rings. The van der Waals surface area contributed by atoms with Crippen molar-refractivity contribution < 1.29 is 9.47 Å². The van der Waals surface area contributed by atoms with E-state index in [4.69, 9.17) is 38.4 Å². The highest BCUT2D eigenvalue weighted by Gasteiger charge is 2.41. The highest BCUT2D eigenvalue weighted by Crippen LogP contribution is 2.36. The Bertz CT molecular complexity index is 366. The molecule has 5 heteroatoms. The summed E-state index contributed by atoms with van der Waals surface area (Å²) in [6, 6.07) is 5.28. The van der Waals surface area contributed by atoms with Crippen LogP contribution >= 0.6 is 23.2 Å². The van der Waals surface area contributed by atoms with E-state index in [-0.39, 0.29) is 18.2 Å². The van der Waals surface area contributed by atoms with E-state index in [9.17, 15) is 0 Å². The lowest BCUT2D eigenvalue weighted by Crippen LogP contribution is -2.59. The van der Waals surface area contributed by atoms with E-state index in [0.717, 1.165) is 6.42 Å². The van der Waals surface area contributed by atoms with E-state index >= 15 is 0 Å². The lowest BCUT2D eigenvalue weighted by atomic mass is 9.86. The van der Waals surface area contributed by atoms with Crippen LogP contribution in [0.5, 0.6) is 5.75 Å². The molecule has 0 radical (unpaired) electrons. The van der Waals surface area contributed by atoms with Crippen LogP contribution in [0, 0.1) is 0 Å². The topological polar surface area (TPSA) is 44.5 Å². The van der Waals surface area contributed by atoms with Crippen molar-refractivity contribution in [2.45, 2.75) is 24.7 Å². The van der Waals surface area contributed by atoms with E-state index < -0.39 is 0 Å². The smallest absolute Gasteiger partial charge is 0.157 e. The summed E-state index contributed by atoms with van der Waals surface area (Å²) in [5, 5.41) is 1.01. The van der Waals surface area contributed by atoms with Crippen LogP contribution in [-0.2, 0) is 4.74 Å². The van der Waals surface area contributed by atoms with Gasteiger partial charge in [-0.25, -0.2) is 0 Å². The summed E-state index contributed by atoms with van der Waals surface area (Å²) in [6.45, 7) is 0. The Morgan fingerprint density at radius 1 is 1.31 bits per heavy atom. The molecule has 0 saturated heterocycles. The number of benzene rings is 1. The van der Waals surface area contributed by atoms with Crippen LogP contribution in [0.2, 0.25) is 10.0 Å². The Kier molecular flexibility index (Phi) is 3.60. The van der Waals surface area contributed by atoms with Crippen molar-refractivity contribution in [2.75, 3.05) is 7.11 Å². The van der Waals surface area contributed by atoms with Crippen LogP contribution < -0.4 is 10.5 Å². The quantitative estimate of drug-likeness (QED) is 0.910. The van der Waals surface area contributed by atoms with E-state index in [1.165, 1.54) is 0 Å². The predicted molar refractivity (Wildman–Crippen MR) is 64.3 cm³/mol. The molecule has 0 bridgehead atoms. The molecular weight excluding hydrogens is 249 g/mol. The molecule has 2 N–H and O–H groups in total. The molecule has 1 aliphatic carbocycles. The number of hydrogen-bond donors (Lipinski definition) is 1. The van der Waals surface area contributed by atoms with Crippen LogP contribution in [0.1, 0.15) is 6.42 Å². The minimum Gasteiger partial charge on any atom is -0.484 e. The minimum atomic E-state index is -0.0904. The van der Waals surface area contributed by atoms with Crippen molar-refractivity contribution in [1.29, 1.82) is 0 Å². The normalized spacial score (nSPS) is 28.6. The maximum absolute atomic E-state index is 6.00. The van der Waals surface area contributed by atoms with Gasteiger partial charge in [0.25, 0.3) is 0 Å². The first-order valence-corrected chi connectivity index (χ1v) is 5.78. The molecule has 3 atom stereocenters. The lowest BCUT2D eigenvalue weighted by Gasteiger charge is -2.41. The van der Waals surface area contributed by atoms with Gasteiger partial charge in [0.05, 0.1) is 10.0 Å². The summed E-state index contributed by atoms with van der Waals surface area (Å²) >= 11 is 12.0. The molecule has 1 saturated carbocycles. The molecule has 2 rings (SSSR count). The number of halogens is 2. The first kappa shape index (κ1) is 12.0. The zero-order valence-corrected chi connectivity index (χ0v) is 10.3. The Labute approximate surface area is 104 Å². The average Bonchev–Trinajstić information content (AvgIpc) is 2.22. The van der Waals surface area contributed by atoms with E-state index in [0.29, 0.717) is 15.8 Å². The molecule has 3 unspecified atom stereocenters. The molecule has 16 heavy (non-hydrogen) atoms. The van der Waals surface area contributed by atoms with Gasteiger partial charge in [-0.3, -0.25) is 0 Å². The predicted octanol–water partition coefficient (Wildman–Crippen LogP) is 2.49. The fraction of sp³-hybridized carbons (Fsp3) is 0.455. The minimum absolute atomic E-state index is 0.0243. The Balaban J connectivity index is 2.10. The molecule has 0 spiro atoms. The second-order valence-corrected chi connectivity index (χ2v) is 4.62. The Morgan fingerprint density at radius 3 is 2.44 bits per heavy atom. The van der Waals surface area contributed by atoms with Crippen molar-refractivity contribution in [3.63, 3.8) is 0 Å². The third kappa shape index (κ3) is 2.13. The second-order valence-electron chi connectivity index (χ2n) is 3.81. The summed E-state index contributed by atoms with van der Waals surface area (Å²) in [5.74, 6) is 0.504. The highest BCUT2D eigenvalue weighted by molar-refractivity contribution is 6.37. The third-order valence-corrected chi connectivity index (χ3v) is 3.35.